The zero-order chi connectivity index (χ0) is 6.69. The first-order valence-electron chi connectivity index (χ1n) is 3.58. The molecular formula is C8H14O. The monoisotopic (exact) mass is 126 g/mol. The molecule has 1 heteroatoms. The van der Waals surface area contributed by atoms with Crippen molar-refractivity contribution in [3.8, 4) is 0 Å². The van der Waals surface area contributed by atoms with E-state index >= 15 is 0 Å². The van der Waals surface area contributed by atoms with Crippen LogP contribution in [-0.2, 0) is 0 Å². The van der Waals surface area contributed by atoms with E-state index in [9.17, 15) is 0 Å². The SMILES string of the molecule is C1=CC2CCC1C2.CO. The maximum absolute atomic E-state index is 7.00. The summed E-state index contributed by atoms with van der Waals surface area (Å²) in [5.74, 6) is 1.98. The summed E-state index contributed by atoms with van der Waals surface area (Å²) in [6.45, 7) is 0. The lowest BCUT2D eigenvalue weighted by atomic mass is 10.1. The predicted molar refractivity (Wildman–Crippen MR) is 38.1 cm³/mol. The van der Waals surface area contributed by atoms with Crippen molar-refractivity contribution in [1.29, 1.82) is 0 Å². The summed E-state index contributed by atoms with van der Waals surface area (Å²) in [6.07, 6.45) is 9.19. The van der Waals surface area contributed by atoms with Crippen molar-refractivity contribution in [1.82, 2.24) is 0 Å². The van der Waals surface area contributed by atoms with E-state index in [1.807, 2.05) is 0 Å². The second-order valence-electron chi connectivity index (χ2n) is 2.72. The van der Waals surface area contributed by atoms with Gasteiger partial charge in [0.05, 0.1) is 0 Å². The minimum Gasteiger partial charge on any atom is -0.400 e. The molecule has 2 bridgehead atoms. The molecule has 2 rings (SSSR count). The fourth-order valence-corrected chi connectivity index (χ4v) is 1.72. The van der Waals surface area contributed by atoms with Gasteiger partial charge >= 0.3 is 0 Å². The third-order valence-corrected chi connectivity index (χ3v) is 2.17. The fraction of sp³-hybridized carbons (Fsp3) is 0.750. The number of hydrogen-bond acceptors (Lipinski definition) is 1. The van der Waals surface area contributed by atoms with Crippen molar-refractivity contribution in [3.63, 3.8) is 0 Å². The maximum atomic E-state index is 7.00. The average Bonchev–Trinajstić information content (AvgIpc) is 2.53. The van der Waals surface area contributed by atoms with Gasteiger partial charge in [0.25, 0.3) is 0 Å². The summed E-state index contributed by atoms with van der Waals surface area (Å²) in [7, 11) is 1.00. The number of fused-ring (bicyclic) bond motifs is 2. The molecule has 0 spiro atoms. The topological polar surface area (TPSA) is 20.2 Å². The summed E-state index contributed by atoms with van der Waals surface area (Å²) < 4.78 is 0. The van der Waals surface area contributed by atoms with E-state index in [1.165, 1.54) is 19.3 Å². The Labute approximate surface area is 56.4 Å². The van der Waals surface area contributed by atoms with E-state index in [2.05, 4.69) is 12.2 Å². The second-order valence-corrected chi connectivity index (χ2v) is 2.72. The largest absolute Gasteiger partial charge is 0.400 e. The average molecular weight is 126 g/mol. The molecule has 1 fully saturated rings. The molecule has 1 N–H and O–H groups in total. The van der Waals surface area contributed by atoms with Crippen molar-refractivity contribution in [3.05, 3.63) is 12.2 Å². The van der Waals surface area contributed by atoms with Crippen LogP contribution in [0.25, 0.3) is 0 Å². The van der Waals surface area contributed by atoms with E-state index in [4.69, 9.17) is 5.11 Å². The molecule has 0 aromatic carbocycles. The lowest BCUT2D eigenvalue weighted by molar-refractivity contribution is 0.399. The Bertz CT molecular complexity index is 95.1. The van der Waals surface area contributed by atoms with Crippen LogP contribution in [-0.4, -0.2) is 12.2 Å². The highest BCUT2D eigenvalue weighted by Gasteiger charge is 2.25. The van der Waals surface area contributed by atoms with Gasteiger partial charge in [-0.3, -0.25) is 0 Å². The van der Waals surface area contributed by atoms with Crippen molar-refractivity contribution in [2.45, 2.75) is 19.3 Å². The van der Waals surface area contributed by atoms with Crippen LogP contribution in [0.4, 0.5) is 0 Å². The molecule has 0 amide bonds. The first kappa shape index (κ1) is 6.81. The van der Waals surface area contributed by atoms with Crippen LogP contribution < -0.4 is 0 Å². The van der Waals surface area contributed by atoms with Crippen molar-refractivity contribution < 1.29 is 5.11 Å². The molecule has 0 aromatic heterocycles. The quantitative estimate of drug-likeness (QED) is 0.488. The van der Waals surface area contributed by atoms with Gasteiger partial charge in [0.1, 0.15) is 0 Å². The zero-order valence-corrected chi connectivity index (χ0v) is 5.88. The van der Waals surface area contributed by atoms with Crippen LogP contribution in [0.15, 0.2) is 12.2 Å². The zero-order valence-electron chi connectivity index (χ0n) is 5.88. The Hall–Kier alpha value is -0.300. The Balaban J connectivity index is 0.000000186. The van der Waals surface area contributed by atoms with E-state index < -0.39 is 0 Å². The number of allylic oxidation sites excluding steroid dienone is 2. The van der Waals surface area contributed by atoms with Crippen molar-refractivity contribution in [2.75, 3.05) is 7.11 Å². The molecule has 0 radical (unpaired) electrons. The van der Waals surface area contributed by atoms with Gasteiger partial charge in [-0.05, 0) is 31.1 Å². The number of aliphatic hydroxyl groups is 1. The number of rotatable bonds is 0. The van der Waals surface area contributed by atoms with Gasteiger partial charge in [0.2, 0.25) is 0 Å². The van der Waals surface area contributed by atoms with Gasteiger partial charge in [0, 0.05) is 7.11 Å². The summed E-state index contributed by atoms with van der Waals surface area (Å²) in [6, 6.07) is 0. The highest BCUT2D eigenvalue weighted by Crippen LogP contribution is 2.38. The van der Waals surface area contributed by atoms with Crippen LogP contribution in [0, 0.1) is 11.8 Å². The van der Waals surface area contributed by atoms with Gasteiger partial charge in [-0.25, -0.2) is 0 Å². The van der Waals surface area contributed by atoms with Crippen LogP contribution in [0.5, 0.6) is 0 Å². The molecule has 1 nitrogen and oxygen atoms in total. The molecule has 1 saturated carbocycles. The molecule has 2 unspecified atom stereocenters. The predicted octanol–water partition coefficient (Wildman–Crippen LogP) is 1.58. The Morgan fingerprint density at radius 2 is 1.56 bits per heavy atom. The molecule has 2 aliphatic rings. The minimum atomic E-state index is 0.991. The molecule has 0 aliphatic heterocycles. The van der Waals surface area contributed by atoms with E-state index in [0.717, 1.165) is 18.9 Å². The third-order valence-electron chi connectivity index (χ3n) is 2.17. The molecular weight excluding hydrogens is 112 g/mol. The normalized spacial score (nSPS) is 36.2. The van der Waals surface area contributed by atoms with E-state index in [1.54, 1.807) is 0 Å². The van der Waals surface area contributed by atoms with Gasteiger partial charge in [-0.1, -0.05) is 12.2 Å². The number of aliphatic hydroxyl groups excluding tert-OH is 1. The van der Waals surface area contributed by atoms with Gasteiger partial charge in [0.15, 0.2) is 0 Å². The highest BCUT2D eigenvalue weighted by atomic mass is 16.2. The molecule has 2 aliphatic carbocycles. The van der Waals surface area contributed by atoms with E-state index in [0.29, 0.717) is 0 Å². The van der Waals surface area contributed by atoms with Crippen molar-refractivity contribution in [2.24, 2.45) is 11.8 Å². The molecule has 9 heavy (non-hydrogen) atoms. The first-order chi connectivity index (χ1) is 4.45. The molecule has 0 saturated heterocycles. The first-order valence-corrected chi connectivity index (χ1v) is 3.58. The van der Waals surface area contributed by atoms with Crippen molar-refractivity contribution >= 4 is 0 Å². The van der Waals surface area contributed by atoms with Gasteiger partial charge < -0.3 is 5.11 Å². The lowest BCUT2D eigenvalue weighted by Crippen LogP contribution is -1.82. The molecule has 0 aromatic rings. The second kappa shape index (κ2) is 3.02. The summed E-state index contributed by atoms with van der Waals surface area (Å²) in [5, 5.41) is 7.00. The molecule has 2 atom stereocenters. The lowest BCUT2D eigenvalue weighted by Gasteiger charge is -1.96. The standard InChI is InChI=1S/C7H10.CH4O/c1-2-7-4-3-6(1)5-7;1-2/h1-2,6-7H,3-5H2;2H,1H3. The van der Waals surface area contributed by atoms with Gasteiger partial charge in [-0.2, -0.15) is 0 Å². The van der Waals surface area contributed by atoms with Crippen LogP contribution in [0.1, 0.15) is 19.3 Å². The smallest absolute Gasteiger partial charge is 0.0319 e. The summed E-state index contributed by atoms with van der Waals surface area (Å²) in [5.41, 5.74) is 0. The third kappa shape index (κ3) is 1.33. The Kier molecular flexibility index (Phi) is 2.29. The molecule has 0 heterocycles. The Morgan fingerprint density at radius 3 is 1.67 bits per heavy atom. The maximum Gasteiger partial charge on any atom is 0.0319 e. The van der Waals surface area contributed by atoms with Gasteiger partial charge in [-0.15, -0.1) is 0 Å². The highest BCUT2D eigenvalue weighted by molar-refractivity contribution is 5.06. The summed E-state index contributed by atoms with van der Waals surface area (Å²) >= 11 is 0. The minimum absolute atomic E-state index is 0.991. The van der Waals surface area contributed by atoms with Crippen LogP contribution in [0.2, 0.25) is 0 Å². The number of hydrogen-bond donors (Lipinski definition) is 1. The fourth-order valence-electron chi connectivity index (χ4n) is 1.72. The van der Waals surface area contributed by atoms with Crippen LogP contribution >= 0.6 is 0 Å². The Morgan fingerprint density at radius 1 is 1.11 bits per heavy atom. The summed E-state index contributed by atoms with van der Waals surface area (Å²) in [4.78, 5) is 0. The molecule has 52 valence electrons. The van der Waals surface area contributed by atoms with E-state index in [-0.39, 0.29) is 0 Å². The van der Waals surface area contributed by atoms with Crippen LogP contribution in [0.3, 0.4) is 0 Å².